The van der Waals surface area contributed by atoms with Gasteiger partial charge in [-0.05, 0) is 25.2 Å². The Kier molecular flexibility index (Phi) is 3.10. The van der Waals surface area contributed by atoms with Gasteiger partial charge < -0.3 is 15.1 Å². The van der Waals surface area contributed by atoms with E-state index >= 15 is 0 Å². The fraction of sp³-hybridized carbons (Fsp3) is 0.375. The fourth-order valence-corrected chi connectivity index (χ4v) is 0.931. The zero-order valence-electron chi connectivity index (χ0n) is 7.18. The molecule has 0 aliphatic rings. The number of furan rings is 1. The van der Waals surface area contributed by atoms with E-state index in [4.69, 9.17) is 16.6 Å². The summed E-state index contributed by atoms with van der Waals surface area (Å²) < 4.78 is 5.13. The molecule has 0 aliphatic carbocycles. The van der Waals surface area contributed by atoms with Crippen molar-refractivity contribution < 1.29 is 4.42 Å². The van der Waals surface area contributed by atoms with Crippen LogP contribution in [0.25, 0.3) is 0 Å². The van der Waals surface area contributed by atoms with Crippen molar-refractivity contribution in [2.75, 3.05) is 7.05 Å². The molecule has 1 aromatic heterocycles. The van der Waals surface area contributed by atoms with Gasteiger partial charge in [0.2, 0.25) is 0 Å². The lowest BCUT2D eigenvalue weighted by Crippen LogP contribution is -2.31. The molecule has 0 atom stereocenters. The van der Waals surface area contributed by atoms with Gasteiger partial charge in [0.1, 0.15) is 5.76 Å². The summed E-state index contributed by atoms with van der Waals surface area (Å²) in [6.07, 6.45) is 1.68. The highest BCUT2D eigenvalue weighted by Crippen LogP contribution is 2.07. The molecule has 4 heteroatoms. The Morgan fingerprint density at radius 1 is 1.67 bits per heavy atom. The highest BCUT2D eigenvalue weighted by Gasteiger charge is 2.00. The number of hydrogen-bond acceptors (Lipinski definition) is 2. The molecule has 0 aromatic carbocycles. The van der Waals surface area contributed by atoms with E-state index in [0.717, 1.165) is 11.3 Å². The first kappa shape index (κ1) is 9.06. The Hall–Kier alpha value is -1.03. The molecule has 12 heavy (non-hydrogen) atoms. The summed E-state index contributed by atoms with van der Waals surface area (Å²) in [5.41, 5.74) is 1.13. The van der Waals surface area contributed by atoms with Crippen LogP contribution in [0.2, 0.25) is 0 Å². The van der Waals surface area contributed by atoms with Gasteiger partial charge in [0, 0.05) is 19.2 Å². The van der Waals surface area contributed by atoms with Crippen molar-refractivity contribution in [2.24, 2.45) is 0 Å². The quantitative estimate of drug-likeness (QED) is 0.677. The van der Waals surface area contributed by atoms with E-state index in [1.54, 1.807) is 13.3 Å². The van der Waals surface area contributed by atoms with E-state index in [2.05, 4.69) is 10.6 Å². The number of aryl methyl sites for hydroxylation is 1. The van der Waals surface area contributed by atoms with Gasteiger partial charge in [-0.1, -0.05) is 0 Å². The largest absolute Gasteiger partial charge is 0.469 e. The molecule has 1 rings (SSSR count). The maximum Gasteiger partial charge on any atom is 0.166 e. The minimum Gasteiger partial charge on any atom is -0.469 e. The lowest BCUT2D eigenvalue weighted by Gasteiger charge is -2.05. The molecule has 0 bridgehead atoms. The topological polar surface area (TPSA) is 37.2 Å². The second kappa shape index (κ2) is 4.11. The van der Waals surface area contributed by atoms with E-state index in [1.165, 1.54) is 0 Å². The zero-order valence-corrected chi connectivity index (χ0v) is 7.99. The second-order valence-electron chi connectivity index (χ2n) is 2.43. The summed E-state index contributed by atoms with van der Waals surface area (Å²) in [6.45, 7) is 2.64. The minimum absolute atomic E-state index is 0.649. The highest BCUT2D eigenvalue weighted by molar-refractivity contribution is 7.80. The number of nitrogens with one attached hydrogen (secondary N) is 2. The van der Waals surface area contributed by atoms with Gasteiger partial charge in [0.05, 0.1) is 6.26 Å². The number of rotatable bonds is 2. The average molecular weight is 184 g/mol. The van der Waals surface area contributed by atoms with E-state index < -0.39 is 0 Å². The summed E-state index contributed by atoms with van der Waals surface area (Å²) in [6, 6.07) is 1.93. The molecule has 0 saturated carbocycles. The van der Waals surface area contributed by atoms with Crippen LogP contribution in [0.1, 0.15) is 11.3 Å². The van der Waals surface area contributed by atoms with Gasteiger partial charge >= 0.3 is 0 Å². The molecule has 0 amide bonds. The van der Waals surface area contributed by atoms with Gasteiger partial charge in [-0.2, -0.15) is 0 Å². The smallest absolute Gasteiger partial charge is 0.166 e. The highest BCUT2D eigenvalue weighted by atomic mass is 32.1. The molecule has 2 N–H and O–H groups in total. The van der Waals surface area contributed by atoms with E-state index in [0.29, 0.717) is 11.7 Å². The molecule has 1 aromatic rings. The summed E-state index contributed by atoms with van der Waals surface area (Å²) >= 11 is 4.92. The average Bonchev–Trinajstić information content (AvgIpc) is 2.47. The summed E-state index contributed by atoms with van der Waals surface area (Å²) in [7, 11) is 1.79. The van der Waals surface area contributed by atoms with Crippen LogP contribution >= 0.6 is 12.2 Å². The monoisotopic (exact) mass is 184 g/mol. The Bertz CT molecular complexity index is 270. The third-order valence-corrected chi connectivity index (χ3v) is 1.98. The lowest BCUT2D eigenvalue weighted by atomic mass is 10.3. The second-order valence-corrected chi connectivity index (χ2v) is 2.84. The van der Waals surface area contributed by atoms with Gasteiger partial charge in [-0.25, -0.2) is 0 Å². The van der Waals surface area contributed by atoms with Crippen LogP contribution in [-0.2, 0) is 6.54 Å². The first-order valence-electron chi connectivity index (χ1n) is 3.72. The van der Waals surface area contributed by atoms with Crippen molar-refractivity contribution in [2.45, 2.75) is 13.5 Å². The first-order valence-corrected chi connectivity index (χ1v) is 4.13. The fourth-order valence-electron chi connectivity index (χ4n) is 0.859. The van der Waals surface area contributed by atoms with Crippen LogP contribution in [0.15, 0.2) is 16.7 Å². The SMILES string of the molecule is CNC(=S)NCc1ccoc1C. The summed E-state index contributed by atoms with van der Waals surface area (Å²) in [4.78, 5) is 0. The molecule has 0 fully saturated rings. The molecule has 0 radical (unpaired) electrons. The van der Waals surface area contributed by atoms with Crippen molar-refractivity contribution >= 4 is 17.3 Å². The molecule has 66 valence electrons. The Balaban J connectivity index is 2.43. The molecule has 3 nitrogen and oxygen atoms in total. The molecular formula is C8H12N2OS. The van der Waals surface area contributed by atoms with Gasteiger partial charge in [-0.3, -0.25) is 0 Å². The minimum atomic E-state index is 0.649. The lowest BCUT2D eigenvalue weighted by molar-refractivity contribution is 0.529. The molecule has 0 aliphatic heterocycles. The predicted octanol–water partition coefficient (Wildman–Crippen LogP) is 1.18. The van der Waals surface area contributed by atoms with Gasteiger partial charge in [-0.15, -0.1) is 0 Å². The number of thiocarbonyl (C=S) groups is 1. The first-order chi connectivity index (χ1) is 5.74. The van der Waals surface area contributed by atoms with Crippen molar-refractivity contribution in [3.8, 4) is 0 Å². The van der Waals surface area contributed by atoms with Crippen LogP contribution < -0.4 is 10.6 Å². The van der Waals surface area contributed by atoms with Crippen molar-refractivity contribution in [1.29, 1.82) is 0 Å². The molecule has 1 heterocycles. The molecule has 0 spiro atoms. The van der Waals surface area contributed by atoms with E-state index in [-0.39, 0.29) is 0 Å². The Labute approximate surface area is 77.1 Å². The van der Waals surface area contributed by atoms with Crippen LogP contribution in [0.3, 0.4) is 0 Å². The van der Waals surface area contributed by atoms with Crippen LogP contribution in [0.5, 0.6) is 0 Å². The number of hydrogen-bond donors (Lipinski definition) is 2. The van der Waals surface area contributed by atoms with Crippen LogP contribution in [0.4, 0.5) is 0 Å². The maximum atomic E-state index is 5.13. The Morgan fingerprint density at radius 2 is 2.42 bits per heavy atom. The third-order valence-electron chi connectivity index (χ3n) is 1.63. The standard InChI is InChI=1S/C8H12N2OS/c1-6-7(3-4-11-6)5-10-8(12)9-2/h3-4H,5H2,1-2H3,(H2,9,10,12). The van der Waals surface area contributed by atoms with Gasteiger partial charge in [0.15, 0.2) is 5.11 Å². The molecular weight excluding hydrogens is 172 g/mol. The van der Waals surface area contributed by atoms with Crippen molar-refractivity contribution in [1.82, 2.24) is 10.6 Å². The van der Waals surface area contributed by atoms with Crippen LogP contribution in [-0.4, -0.2) is 12.2 Å². The van der Waals surface area contributed by atoms with E-state index in [9.17, 15) is 0 Å². The zero-order chi connectivity index (χ0) is 8.97. The normalized spacial score (nSPS) is 9.50. The van der Waals surface area contributed by atoms with Crippen LogP contribution in [0, 0.1) is 6.92 Å². The Morgan fingerprint density at radius 3 is 2.92 bits per heavy atom. The predicted molar refractivity (Wildman–Crippen MR) is 51.9 cm³/mol. The third kappa shape index (κ3) is 2.23. The van der Waals surface area contributed by atoms with Gasteiger partial charge in [0.25, 0.3) is 0 Å². The van der Waals surface area contributed by atoms with Crippen molar-refractivity contribution in [3.05, 3.63) is 23.7 Å². The summed E-state index contributed by atoms with van der Waals surface area (Å²) in [5.74, 6) is 0.932. The molecule has 0 saturated heterocycles. The molecule has 0 unspecified atom stereocenters. The maximum absolute atomic E-state index is 5.13. The van der Waals surface area contributed by atoms with Crippen molar-refractivity contribution in [3.63, 3.8) is 0 Å². The summed E-state index contributed by atoms with van der Waals surface area (Å²) in [5, 5.41) is 6.52. The van der Waals surface area contributed by atoms with E-state index in [1.807, 2.05) is 13.0 Å².